The van der Waals surface area contributed by atoms with Crippen LogP contribution >= 0.6 is 23.2 Å². The summed E-state index contributed by atoms with van der Waals surface area (Å²) in [5.41, 5.74) is 0.598. The van der Waals surface area contributed by atoms with Crippen LogP contribution < -0.4 is 5.32 Å². The lowest BCUT2D eigenvalue weighted by molar-refractivity contribution is -0.141. The summed E-state index contributed by atoms with van der Waals surface area (Å²) in [4.78, 5) is 28.0. The van der Waals surface area contributed by atoms with Gasteiger partial charge in [0.05, 0.1) is 11.4 Å². The SMILES string of the molecule is CCCNC(=O)C(CC)N(Cc1ccc(Cl)cc1Cl)C(=O)CN(C)S(=O)(=O)c1ccc2ccccc2c1. The van der Waals surface area contributed by atoms with Crippen molar-refractivity contribution >= 4 is 55.8 Å². The highest BCUT2D eigenvalue weighted by molar-refractivity contribution is 7.89. The molecule has 3 aromatic carbocycles. The summed E-state index contributed by atoms with van der Waals surface area (Å²) < 4.78 is 27.7. The Kier molecular flexibility index (Phi) is 9.95. The van der Waals surface area contributed by atoms with E-state index < -0.39 is 28.5 Å². The minimum Gasteiger partial charge on any atom is -0.354 e. The third-order valence-electron chi connectivity index (χ3n) is 6.08. The topological polar surface area (TPSA) is 86.8 Å². The Morgan fingerprint density at radius 1 is 0.973 bits per heavy atom. The first-order valence-electron chi connectivity index (χ1n) is 12.0. The van der Waals surface area contributed by atoms with Gasteiger partial charge in [0.25, 0.3) is 0 Å². The largest absolute Gasteiger partial charge is 0.354 e. The number of halogens is 2. The molecule has 10 heteroatoms. The quantitative estimate of drug-likeness (QED) is 0.351. The summed E-state index contributed by atoms with van der Waals surface area (Å²) in [5, 5.41) is 5.32. The molecule has 0 bridgehead atoms. The second-order valence-electron chi connectivity index (χ2n) is 8.74. The third-order valence-corrected chi connectivity index (χ3v) is 8.46. The van der Waals surface area contributed by atoms with E-state index in [2.05, 4.69) is 5.32 Å². The predicted octanol–water partition coefficient (Wildman–Crippen LogP) is 5.10. The molecule has 1 atom stereocenters. The summed E-state index contributed by atoms with van der Waals surface area (Å²) >= 11 is 12.4. The van der Waals surface area contributed by atoms with Crippen LogP contribution in [-0.2, 0) is 26.2 Å². The molecule has 0 aromatic heterocycles. The van der Waals surface area contributed by atoms with Gasteiger partial charge in [0.15, 0.2) is 0 Å². The normalized spacial score (nSPS) is 12.5. The van der Waals surface area contributed by atoms with E-state index in [9.17, 15) is 18.0 Å². The number of hydrogen-bond acceptors (Lipinski definition) is 4. The maximum atomic E-state index is 13.6. The number of nitrogens with one attached hydrogen (secondary N) is 1. The van der Waals surface area contributed by atoms with Crippen LogP contribution in [0.3, 0.4) is 0 Å². The molecule has 198 valence electrons. The number of nitrogens with zero attached hydrogens (tertiary/aromatic N) is 2. The maximum Gasteiger partial charge on any atom is 0.243 e. The molecule has 0 saturated carbocycles. The van der Waals surface area contributed by atoms with Gasteiger partial charge in [-0.05, 0) is 53.4 Å². The number of benzene rings is 3. The highest BCUT2D eigenvalue weighted by Crippen LogP contribution is 2.25. The Hall–Kier alpha value is -2.65. The second-order valence-corrected chi connectivity index (χ2v) is 11.6. The molecular weight excluding hydrogens is 533 g/mol. The Labute approximate surface area is 228 Å². The maximum absolute atomic E-state index is 13.6. The number of carbonyl (C=O) groups is 2. The van der Waals surface area contributed by atoms with Crippen molar-refractivity contribution in [2.45, 2.75) is 44.2 Å². The molecule has 0 aliphatic heterocycles. The summed E-state index contributed by atoms with van der Waals surface area (Å²) in [5.74, 6) is -0.820. The van der Waals surface area contributed by atoms with Crippen molar-refractivity contribution in [1.82, 2.24) is 14.5 Å². The molecule has 0 aliphatic carbocycles. The van der Waals surface area contributed by atoms with Gasteiger partial charge in [-0.1, -0.05) is 73.4 Å². The van der Waals surface area contributed by atoms with Crippen molar-refractivity contribution in [2.75, 3.05) is 20.1 Å². The zero-order valence-corrected chi connectivity index (χ0v) is 23.4. The van der Waals surface area contributed by atoms with E-state index in [1.165, 1.54) is 18.0 Å². The van der Waals surface area contributed by atoms with Gasteiger partial charge in [0, 0.05) is 30.2 Å². The summed E-state index contributed by atoms with van der Waals surface area (Å²) in [6, 6.07) is 16.4. The van der Waals surface area contributed by atoms with Gasteiger partial charge in [-0.2, -0.15) is 4.31 Å². The Morgan fingerprint density at radius 3 is 2.32 bits per heavy atom. The lowest BCUT2D eigenvalue weighted by Crippen LogP contribution is -2.51. The molecular formula is C27H31Cl2N3O4S. The van der Waals surface area contributed by atoms with Crippen LogP contribution in [0.25, 0.3) is 10.8 Å². The van der Waals surface area contributed by atoms with Crippen LogP contribution in [0.5, 0.6) is 0 Å². The van der Waals surface area contributed by atoms with E-state index in [-0.39, 0.29) is 17.3 Å². The molecule has 1 N–H and O–H groups in total. The van der Waals surface area contributed by atoms with Crippen LogP contribution in [0.15, 0.2) is 65.6 Å². The van der Waals surface area contributed by atoms with E-state index in [0.29, 0.717) is 28.6 Å². The average molecular weight is 565 g/mol. The fourth-order valence-electron chi connectivity index (χ4n) is 3.99. The van der Waals surface area contributed by atoms with Crippen LogP contribution in [0.4, 0.5) is 0 Å². The number of likely N-dealkylation sites (N-methyl/N-ethyl adjacent to an activating group) is 1. The van der Waals surface area contributed by atoms with Crippen LogP contribution in [0, 0.1) is 0 Å². The number of fused-ring (bicyclic) bond motifs is 1. The molecule has 0 spiro atoms. The van der Waals surface area contributed by atoms with Crippen molar-refractivity contribution in [3.05, 3.63) is 76.3 Å². The predicted molar refractivity (Wildman–Crippen MR) is 148 cm³/mol. The van der Waals surface area contributed by atoms with E-state index >= 15 is 0 Å². The minimum absolute atomic E-state index is 0.0246. The lowest BCUT2D eigenvalue weighted by atomic mass is 10.1. The highest BCUT2D eigenvalue weighted by Gasteiger charge is 2.32. The van der Waals surface area contributed by atoms with Crippen molar-refractivity contribution in [3.8, 4) is 0 Å². The van der Waals surface area contributed by atoms with Crippen molar-refractivity contribution in [1.29, 1.82) is 0 Å². The van der Waals surface area contributed by atoms with E-state index in [0.717, 1.165) is 21.5 Å². The smallest absolute Gasteiger partial charge is 0.243 e. The van der Waals surface area contributed by atoms with Gasteiger partial charge >= 0.3 is 0 Å². The fraction of sp³-hybridized carbons (Fsp3) is 0.333. The first-order valence-corrected chi connectivity index (χ1v) is 14.2. The fourth-order valence-corrected chi connectivity index (χ4v) is 5.62. The van der Waals surface area contributed by atoms with Crippen molar-refractivity contribution in [3.63, 3.8) is 0 Å². The summed E-state index contributed by atoms with van der Waals surface area (Å²) in [6.07, 6.45) is 1.08. The average Bonchev–Trinajstić information content (AvgIpc) is 2.88. The molecule has 1 unspecified atom stereocenters. The van der Waals surface area contributed by atoms with Crippen molar-refractivity contribution < 1.29 is 18.0 Å². The van der Waals surface area contributed by atoms with Gasteiger partial charge < -0.3 is 10.2 Å². The molecule has 7 nitrogen and oxygen atoms in total. The van der Waals surface area contributed by atoms with E-state index in [4.69, 9.17) is 23.2 Å². The lowest BCUT2D eigenvalue weighted by Gasteiger charge is -2.32. The van der Waals surface area contributed by atoms with Crippen molar-refractivity contribution in [2.24, 2.45) is 0 Å². The molecule has 37 heavy (non-hydrogen) atoms. The van der Waals surface area contributed by atoms with E-state index in [1.54, 1.807) is 37.3 Å². The molecule has 0 heterocycles. The molecule has 0 saturated heterocycles. The summed E-state index contributed by atoms with van der Waals surface area (Å²) in [6.45, 7) is 3.78. The van der Waals surface area contributed by atoms with E-state index in [1.807, 2.05) is 31.2 Å². The number of rotatable bonds is 11. The first kappa shape index (κ1) is 28.9. The number of carbonyl (C=O) groups excluding carboxylic acids is 2. The van der Waals surface area contributed by atoms with Crippen LogP contribution in [0.1, 0.15) is 32.3 Å². The molecule has 0 aliphatic rings. The molecule has 2 amide bonds. The zero-order chi connectivity index (χ0) is 27.2. The number of amides is 2. The Bertz CT molecular complexity index is 1380. The summed E-state index contributed by atoms with van der Waals surface area (Å²) in [7, 11) is -2.62. The standard InChI is InChI=1S/C27H31Cl2N3O4S/c1-4-14-30-27(34)25(5-2)32(17-21-10-12-22(28)16-24(21)29)26(33)18-31(3)37(35,36)23-13-11-19-8-6-7-9-20(19)15-23/h6-13,15-16,25H,4-5,14,17-18H2,1-3H3,(H,30,34). The number of sulfonamides is 1. The molecule has 0 radical (unpaired) electrons. The van der Waals surface area contributed by atoms with Gasteiger partial charge in [-0.3, -0.25) is 9.59 Å². The van der Waals surface area contributed by atoms with Gasteiger partial charge in [-0.15, -0.1) is 0 Å². The van der Waals surface area contributed by atoms with Gasteiger partial charge in [-0.25, -0.2) is 8.42 Å². The van der Waals surface area contributed by atoms with Gasteiger partial charge in [0.2, 0.25) is 21.8 Å². The Balaban J connectivity index is 1.90. The number of hydrogen-bond donors (Lipinski definition) is 1. The molecule has 3 rings (SSSR count). The first-order chi connectivity index (χ1) is 17.6. The van der Waals surface area contributed by atoms with Crippen LogP contribution in [0.2, 0.25) is 10.0 Å². The van der Waals surface area contributed by atoms with Crippen LogP contribution in [-0.4, -0.2) is 55.6 Å². The second kappa shape index (κ2) is 12.7. The molecule has 3 aromatic rings. The minimum atomic E-state index is -3.97. The highest BCUT2D eigenvalue weighted by atomic mass is 35.5. The molecule has 0 fully saturated rings. The monoisotopic (exact) mass is 563 g/mol. The zero-order valence-electron chi connectivity index (χ0n) is 21.1. The van der Waals surface area contributed by atoms with Gasteiger partial charge in [0.1, 0.15) is 6.04 Å². The third kappa shape index (κ3) is 7.02. The Morgan fingerprint density at radius 2 is 1.68 bits per heavy atom.